The number of ether oxygens (including phenoxy) is 1. The van der Waals surface area contributed by atoms with Gasteiger partial charge in [0.1, 0.15) is 23.6 Å². The summed E-state index contributed by atoms with van der Waals surface area (Å²) >= 11 is 0. The number of nitrogens with two attached hydrogens (primary N) is 1. The molecule has 0 aromatic heterocycles. The van der Waals surface area contributed by atoms with E-state index < -0.39 is 29.6 Å². The number of rotatable bonds is 9. The van der Waals surface area contributed by atoms with Gasteiger partial charge in [-0.25, -0.2) is 8.78 Å². The number of allylic oxidation sites excluding steroid dienone is 2. The number of carbonyl (C=O) groups excluding carboxylic acids is 3. The van der Waals surface area contributed by atoms with Gasteiger partial charge in [-0.05, 0) is 56.2 Å². The van der Waals surface area contributed by atoms with Crippen LogP contribution in [-0.4, -0.2) is 42.2 Å². The minimum Gasteiger partial charge on any atom is -0.481 e. The number of anilines is 1. The maximum absolute atomic E-state index is 13.3. The molecule has 0 radical (unpaired) electrons. The van der Waals surface area contributed by atoms with E-state index in [9.17, 15) is 28.0 Å². The molecule has 37 heavy (non-hydrogen) atoms. The lowest BCUT2D eigenvalue weighted by Crippen LogP contribution is -2.21. The van der Waals surface area contributed by atoms with Crippen LogP contribution in [0, 0.1) is 18.8 Å². The number of Topliss-reactive ketones (excluding diaryl/α,β-unsaturated/α-hetero) is 1. The highest BCUT2D eigenvalue weighted by molar-refractivity contribution is 6.09. The Morgan fingerprint density at radius 2 is 1.70 bits per heavy atom. The second-order valence-electron chi connectivity index (χ2n) is 8.40. The van der Waals surface area contributed by atoms with Crippen molar-refractivity contribution in [2.45, 2.75) is 32.8 Å². The molecule has 0 heterocycles. The molecule has 2 aromatic carbocycles. The number of nitrogens with one attached hydrogen (secondary N) is 2. The highest BCUT2D eigenvalue weighted by Crippen LogP contribution is 2.55. The van der Waals surface area contributed by atoms with Crippen LogP contribution in [0.5, 0.6) is 0 Å². The molecule has 1 aliphatic rings. The molecule has 1 amide bonds. The summed E-state index contributed by atoms with van der Waals surface area (Å²) < 4.78 is 31.5. The van der Waals surface area contributed by atoms with E-state index in [2.05, 4.69) is 10.6 Å². The first-order valence-corrected chi connectivity index (χ1v) is 11.2. The van der Waals surface area contributed by atoms with Gasteiger partial charge in [-0.1, -0.05) is 24.3 Å². The van der Waals surface area contributed by atoms with Crippen molar-refractivity contribution >= 4 is 29.8 Å². The second kappa shape index (κ2) is 12.1. The molecule has 0 bridgehead atoms. The average molecular weight is 518 g/mol. The Morgan fingerprint density at radius 1 is 1.11 bits per heavy atom. The van der Waals surface area contributed by atoms with Crippen LogP contribution in [0.15, 0.2) is 59.9 Å². The van der Waals surface area contributed by atoms with Crippen LogP contribution in [0.4, 0.5) is 14.5 Å². The van der Waals surface area contributed by atoms with Gasteiger partial charge in [0.25, 0.3) is 12.4 Å². The maximum atomic E-state index is 13.3. The fourth-order valence-corrected chi connectivity index (χ4v) is 3.72. The number of aliphatic carboxylic acids is 1. The predicted octanol–water partition coefficient (Wildman–Crippen LogP) is 3.41. The number of amides is 1. The van der Waals surface area contributed by atoms with Crippen LogP contribution in [0.25, 0.3) is 0 Å². The monoisotopic (exact) mass is 517 g/mol. The molecule has 1 saturated carbocycles. The standard InChI is InChI=1S/C16H17F2N3O4.C10H12O2/c1-7(19)12(20-2)13(22)8-3-5-9(6-4-8)21-14(23)10-11(15(24)25)16(10,17)18;1-8-5-3-4-6-10(8)9(2)12-7-11/h3-6,10-11,20H,19H2,1-2H3,(H,21,23)(H,24,25);3-7,9H,1-2H3/b12-7+;. The molecule has 198 valence electrons. The Bertz CT molecular complexity index is 1190. The van der Waals surface area contributed by atoms with Gasteiger partial charge in [-0.2, -0.15) is 0 Å². The first-order valence-electron chi connectivity index (χ1n) is 11.2. The predicted molar refractivity (Wildman–Crippen MR) is 132 cm³/mol. The van der Waals surface area contributed by atoms with Crippen LogP contribution in [0.3, 0.4) is 0 Å². The van der Waals surface area contributed by atoms with Crippen LogP contribution in [0.2, 0.25) is 0 Å². The van der Waals surface area contributed by atoms with Crippen molar-refractivity contribution in [3.8, 4) is 0 Å². The van der Waals surface area contributed by atoms with E-state index in [1.807, 2.05) is 38.1 Å². The zero-order valence-corrected chi connectivity index (χ0v) is 20.7. The number of carboxylic acids is 1. The lowest BCUT2D eigenvalue weighted by atomic mass is 10.1. The van der Waals surface area contributed by atoms with Crippen molar-refractivity contribution in [3.63, 3.8) is 0 Å². The van der Waals surface area contributed by atoms with Gasteiger partial charge < -0.3 is 26.2 Å². The molecule has 3 atom stereocenters. The smallest absolute Gasteiger partial charge is 0.313 e. The highest BCUT2D eigenvalue weighted by Gasteiger charge is 2.75. The van der Waals surface area contributed by atoms with Crippen LogP contribution in [-0.2, 0) is 19.1 Å². The number of halogens is 2. The number of carbonyl (C=O) groups is 4. The molecule has 11 heteroatoms. The molecule has 3 rings (SSSR count). The molecule has 1 fully saturated rings. The highest BCUT2D eigenvalue weighted by atomic mass is 19.3. The van der Waals surface area contributed by atoms with Gasteiger partial charge in [0.15, 0.2) is 0 Å². The van der Waals surface area contributed by atoms with Crippen molar-refractivity contribution in [2.24, 2.45) is 17.6 Å². The molecule has 0 saturated heterocycles. The van der Waals surface area contributed by atoms with Gasteiger partial charge in [0.2, 0.25) is 11.7 Å². The normalized spacial score (nSPS) is 18.6. The van der Waals surface area contributed by atoms with E-state index in [-0.39, 0.29) is 28.8 Å². The number of alkyl halides is 2. The zero-order chi connectivity index (χ0) is 27.9. The average Bonchev–Trinajstić information content (AvgIpc) is 3.43. The Labute approximate surface area is 212 Å². The minimum atomic E-state index is -3.56. The summed E-state index contributed by atoms with van der Waals surface area (Å²) in [7, 11) is 1.55. The third kappa shape index (κ3) is 6.90. The fourth-order valence-electron chi connectivity index (χ4n) is 3.72. The fraction of sp³-hybridized carbons (Fsp3) is 0.308. The maximum Gasteiger partial charge on any atom is 0.313 e. The van der Waals surface area contributed by atoms with Crippen LogP contribution in [0.1, 0.15) is 41.4 Å². The van der Waals surface area contributed by atoms with E-state index in [1.165, 1.54) is 24.3 Å². The molecule has 0 aliphatic heterocycles. The summed E-state index contributed by atoms with van der Waals surface area (Å²) in [5, 5.41) is 13.6. The van der Waals surface area contributed by atoms with Crippen molar-refractivity contribution < 1.29 is 37.8 Å². The summed E-state index contributed by atoms with van der Waals surface area (Å²) in [6.07, 6.45) is -0.149. The van der Waals surface area contributed by atoms with E-state index in [0.717, 1.165) is 11.1 Å². The molecule has 0 spiro atoms. The van der Waals surface area contributed by atoms with Gasteiger partial charge in [0.05, 0.1) is 0 Å². The van der Waals surface area contributed by atoms with Crippen molar-refractivity contribution in [3.05, 3.63) is 76.6 Å². The second-order valence-corrected chi connectivity index (χ2v) is 8.40. The number of hydrogen-bond donors (Lipinski definition) is 4. The lowest BCUT2D eigenvalue weighted by Gasteiger charge is -2.11. The van der Waals surface area contributed by atoms with E-state index in [4.69, 9.17) is 15.6 Å². The number of likely N-dealkylation sites (N-methyl/N-ethyl adjacent to an activating group) is 1. The summed E-state index contributed by atoms with van der Waals surface area (Å²) in [4.78, 5) is 44.8. The summed E-state index contributed by atoms with van der Waals surface area (Å²) in [6, 6.07) is 13.4. The van der Waals surface area contributed by atoms with Gasteiger partial charge in [-0.3, -0.25) is 19.2 Å². The van der Waals surface area contributed by atoms with Crippen molar-refractivity contribution in [1.82, 2.24) is 5.32 Å². The zero-order valence-electron chi connectivity index (χ0n) is 20.7. The van der Waals surface area contributed by atoms with E-state index >= 15 is 0 Å². The Morgan fingerprint density at radius 3 is 2.16 bits per heavy atom. The number of aryl methyl sites for hydroxylation is 1. The van der Waals surface area contributed by atoms with E-state index in [1.54, 1.807) is 14.0 Å². The number of ketones is 1. The Balaban J connectivity index is 0.000000335. The van der Waals surface area contributed by atoms with Crippen molar-refractivity contribution in [1.29, 1.82) is 0 Å². The van der Waals surface area contributed by atoms with Crippen LogP contribution >= 0.6 is 0 Å². The summed E-state index contributed by atoms with van der Waals surface area (Å²) in [5.41, 5.74) is 8.80. The molecule has 1 aliphatic carbocycles. The largest absolute Gasteiger partial charge is 0.481 e. The minimum absolute atomic E-state index is 0.149. The van der Waals surface area contributed by atoms with Gasteiger partial charge >= 0.3 is 5.97 Å². The van der Waals surface area contributed by atoms with Gasteiger partial charge in [-0.15, -0.1) is 0 Å². The summed E-state index contributed by atoms with van der Waals surface area (Å²) in [6.45, 7) is 5.90. The molecule has 2 aromatic rings. The summed E-state index contributed by atoms with van der Waals surface area (Å²) in [5.74, 6) is -10.6. The molecule has 9 nitrogen and oxygen atoms in total. The first-order chi connectivity index (χ1) is 17.4. The van der Waals surface area contributed by atoms with Gasteiger partial charge in [0, 0.05) is 24.0 Å². The van der Waals surface area contributed by atoms with Crippen LogP contribution < -0.4 is 16.4 Å². The van der Waals surface area contributed by atoms with Crippen molar-refractivity contribution in [2.75, 3.05) is 12.4 Å². The number of carboxylic acid groups (broad SMARTS) is 1. The molecular weight excluding hydrogens is 488 g/mol. The quantitative estimate of drug-likeness (QED) is 0.225. The Hall–Kier alpha value is -4.28. The third-order valence-corrected chi connectivity index (χ3v) is 5.77. The number of benzene rings is 2. The Kier molecular flexibility index (Phi) is 9.48. The molecular formula is C26H29F2N3O6. The SMILES string of the molecule is CN/C(C(=O)c1ccc(NC(=O)C2C(C(=O)O)C2(F)F)cc1)=C(\C)N.Cc1ccccc1C(C)OC=O. The first kappa shape index (κ1) is 29.0. The third-order valence-electron chi connectivity index (χ3n) is 5.77. The lowest BCUT2D eigenvalue weighted by molar-refractivity contribution is -0.141. The topological polar surface area (TPSA) is 148 Å². The number of hydrogen-bond acceptors (Lipinski definition) is 7. The molecule has 3 unspecified atom stereocenters. The molecule has 5 N–H and O–H groups in total. The van der Waals surface area contributed by atoms with E-state index in [0.29, 0.717) is 12.2 Å².